The zero-order valence-electron chi connectivity index (χ0n) is 31.8. The summed E-state index contributed by atoms with van der Waals surface area (Å²) in [7, 11) is 0. The van der Waals surface area contributed by atoms with Crippen LogP contribution in [0.1, 0.15) is 89.8 Å². The van der Waals surface area contributed by atoms with E-state index in [-0.39, 0.29) is 0 Å². The lowest BCUT2D eigenvalue weighted by atomic mass is 9.98. The van der Waals surface area contributed by atoms with E-state index in [0.29, 0.717) is 0 Å². The highest BCUT2D eigenvalue weighted by Gasteiger charge is 2.14. The van der Waals surface area contributed by atoms with Crippen LogP contribution in [0.25, 0.3) is 0 Å². The molecule has 0 spiro atoms. The molecule has 0 atom stereocenters. The minimum atomic E-state index is 0.943. The Bertz CT molecular complexity index is 1840. The molecule has 0 radical (unpaired) electrons. The Morgan fingerprint density at radius 1 is 0.360 bits per heavy atom. The molecule has 0 saturated heterocycles. The minimum Gasteiger partial charge on any atom is -0.310 e. The molecule has 258 valence electrons. The highest BCUT2D eigenvalue weighted by molar-refractivity contribution is 5.77. The van der Waals surface area contributed by atoms with Crippen LogP contribution in [0.2, 0.25) is 0 Å². The molecule has 0 unspecified atom stereocenters. The van der Waals surface area contributed by atoms with Crippen LogP contribution in [0.5, 0.6) is 0 Å². The summed E-state index contributed by atoms with van der Waals surface area (Å²) in [5, 5.41) is 0. The van der Waals surface area contributed by atoms with Gasteiger partial charge in [0.15, 0.2) is 0 Å². The highest BCUT2D eigenvalue weighted by Crippen LogP contribution is 2.36. The third kappa shape index (κ3) is 11.3. The third-order valence-electron chi connectivity index (χ3n) is 8.95. The Labute approximate surface area is 303 Å². The highest BCUT2D eigenvalue weighted by atomic mass is 15.1. The number of hydrogen-bond acceptors (Lipinski definition) is 1. The van der Waals surface area contributed by atoms with Crippen molar-refractivity contribution in [2.24, 2.45) is 0 Å². The van der Waals surface area contributed by atoms with Crippen LogP contribution >= 0.6 is 0 Å². The molecule has 0 heterocycles. The maximum absolute atomic E-state index is 2.36. The molecule has 0 aromatic heterocycles. The van der Waals surface area contributed by atoms with Crippen molar-refractivity contribution in [3.63, 3.8) is 0 Å². The van der Waals surface area contributed by atoms with E-state index in [9.17, 15) is 0 Å². The fourth-order valence-corrected chi connectivity index (χ4v) is 5.80. The van der Waals surface area contributed by atoms with Gasteiger partial charge in [-0.2, -0.15) is 0 Å². The summed E-state index contributed by atoms with van der Waals surface area (Å²) in [6.07, 6.45) is 5.36. The van der Waals surface area contributed by atoms with Crippen molar-refractivity contribution in [1.82, 2.24) is 0 Å². The normalized spacial score (nSPS) is 10.4. The first-order valence-corrected chi connectivity index (χ1v) is 18.5. The van der Waals surface area contributed by atoms with E-state index >= 15 is 0 Å². The van der Waals surface area contributed by atoms with Gasteiger partial charge in [0.2, 0.25) is 0 Å². The van der Waals surface area contributed by atoms with E-state index in [2.05, 4.69) is 200 Å². The Morgan fingerprint density at radius 3 is 1.12 bits per heavy atom. The summed E-state index contributed by atoms with van der Waals surface area (Å²) in [4.78, 5) is 2.36. The van der Waals surface area contributed by atoms with Gasteiger partial charge in [-0.05, 0) is 129 Å². The fourth-order valence-electron chi connectivity index (χ4n) is 5.80. The molecule has 6 aromatic rings. The largest absolute Gasteiger partial charge is 0.310 e. The molecule has 0 aliphatic carbocycles. The van der Waals surface area contributed by atoms with Gasteiger partial charge >= 0.3 is 0 Å². The second-order valence-electron chi connectivity index (χ2n) is 13.5. The van der Waals surface area contributed by atoms with Crippen LogP contribution in [0.4, 0.5) is 17.1 Å². The van der Waals surface area contributed by atoms with Crippen LogP contribution in [-0.2, 0) is 25.7 Å². The van der Waals surface area contributed by atoms with Gasteiger partial charge in [-0.1, -0.05) is 154 Å². The predicted octanol–water partition coefficient (Wildman–Crippen LogP) is 13.8. The quantitative estimate of drug-likeness (QED) is 0.149. The second-order valence-corrected chi connectivity index (χ2v) is 13.5. The molecule has 0 aliphatic rings. The van der Waals surface area contributed by atoms with Gasteiger partial charge in [0.1, 0.15) is 0 Å². The van der Waals surface area contributed by atoms with E-state index in [0.717, 1.165) is 25.7 Å². The van der Waals surface area contributed by atoms with Gasteiger partial charge in [0.05, 0.1) is 0 Å². The van der Waals surface area contributed by atoms with E-state index in [1.165, 1.54) is 79.1 Å². The zero-order valence-corrected chi connectivity index (χ0v) is 31.8. The Kier molecular flexibility index (Phi) is 14.7. The minimum absolute atomic E-state index is 0.943. The summed E-state index contributed by atoms with van der Waals surface area (Å²) in [6.45, 7) is 17.2. The summed E-state index contributed by atoms with van der Waals surface area (Å²) in [6, 6.07) is 51.3. The van der Waals surface area contributed by atoms with Crippen molar-refractivity contribution in [1.29, 1.82) is 0 Å². The van der Waals surface area contributed by atoms with E-state index < -0.39 is 0 Å². The molecule has 0 amide bonds. The van der Waals surface area contributed by atoms with Gasteiger partial charge in [-0.3, -0.25) is 0 Å². The van der Waals surface area contributed by atoms with Crippen molar-refractivity contribution >= 4 is 17.1 Å². The van der Waals surface area contributed by atoms with Gasteiger partial charge < -0.3 is 4.90 Å². The molecule has 6 rings (SSSR count). The molecule has 1 nitrogen and oxygen atoms in total. The molecule has 50 heavy (non-hydrogen) atoms. The van der Waals surface area contributed by atoms with Crippen LogP contribution in [0.3, 0.4) is 0 Å². The van der Waals surface area contributed by atoms with Crippen molar-refractivity contribution in [2.45, 2.75) is 87.5 Å². The van der Waals surface area contributed by atoms with Crippen molar-refractivity contribution in [3.8, 4) is 0 Å². The third-order valence-corrected chi connectivity index (χ3v) is 8.95. The average molecular weight is 660 g/mol. The molecule has 0 bridgehead atoms. The average Bonchev–Trinajstić information content (AvgIpc) is 3.13. The standard InChI is InChI=1S/C37H37N.C9H12.C3H8/c1-5-30-12-14-33(15-13-30)26-34-18-23-37(24-29(34)4)38(35-19-8-28(3)9-20-35)36-21-16-32(17-22-36)25-31-10-6-27(2)7-11-31;1-3-9-6-4-8(2)5-7-9;1-3-2/h6-24H,5,25-26H2,1-4H3;4-7H,3H2,1-2H3;3H2,1-2H3. The van der Waals surface area contributed by atoms with Gasteiger partial charge in [-0.15, -0.1) is 0 Å². The number of anilines is 3. The number of benzene rings is 6. The topological polar surface area (TPSA) is 3.24 Å². The van der Waals surface area contributed by atoms with Gasteiger partial charge in [0.25, 0.3) is 0 Å². The van der Waals surface area contributed by atoms with Crippen LogP contribution < -0.4 is 4.90 Å². The van der Waals surface area contributed by atoms with E-state index in [1.54, 1.807) is 0 Å². The molecule has 0 fully saturated rings. The smallest absolute Gasteiger partial charge is 0.0464 e. The van der Waals surface area contributed by atoms with Gasteiger partial charge in [-0.25, -0.2) is 0 Å². The second kappa shape index (κ2) is 19.3. The first kappa shape index (κ1) is 37.9. The molecule has 1 heteroatoms. The van der Waals surface area contributed by atoms with Gasteiger partial charge in [0, 0.05) is 17.1 Å². The first-order valence-electron chi connectivity index (χ1n) is 18.5. The predicted molar refractivity (Wildman–Crippen MR) is 220 cm³/mol. The SMILES string of the molecule is CCC.CCc1ccc(C)cc1.CCc1ccc(Cc2ccc(N(c3ccc(C)cc3)c3ccc(Cc4ccc(C)cc4)cc3)cc2C)cc1. The maximum atomic E-state index is 2.36. The first-order chi connectivity index (χ1) is 24.2. The number of rotatable bonds is 9. The number of aryl methyl sites for hydroxylation is 6. The summed E-state index contributed by atoms with van der Waals surface area (Å²) in [5.74, 6) is 0. The van der Waals surface area contributed by atoms with Crippen LogP contribution in [-0.4, -0.2) is 0 Å². The lowest BCUT2D eigenvalue weighted by Gasteiger charge is -2.26. The molecular weight excluding hydrogens is 603 g/mol. The van der Waals surface area contributed by atoms with E-state index in [4.69, 9.17) is 0 Å². The summed E-state index contributed by atoms with van der Waals surface area (Å²) < 4.78 is 0. The Balaban J connectivity index is 0.000000399. The van der Waals surface area contributed by atoms with Crippen molar-refractivity contribution < 1.29 is 0 Å². The fraction of sp³-hybridized carbons (Fsp3) is 0.265. The zero-order chi connectivity index (χ0) is 35.9. The summed E-state index contributed by atoms with van der Waals surface area (Å²) >= 11 is 0. The molecule has 6 aromatic carbocycles. The molecule has 0 N–H and O–H groups in total. The maximum Gasteiger partial charge on any atom is 0.0464 e. The molecule has 0 saturated carbocycles. The van der Waals surface area contributed by atoms with Crippen LogP contribution in [0.15, 0.2) is 140 Å². The van der Waals surface area contributed by atoms with Crippen LogP contribution in [0, 0.1) is 27.7 Å². The van der Waals surface area contributed by atoms with E-state index in [1.807, 2.05) is 0 Å². The monoisotopic (exact) mass is 659 g/mol. The number of nitrogens with zero attached hydrogens (tertiary/aromatic N) is 1. The lowest BCUT2D eigenvalue weighted by Crippen LogP contribution is -2.10. The Morgan fingerprint density at radius 2 is 0.680 bits per heavy atom. The van der Waals surface area contributed by atoms with Crippen molar-refractivity contribution in [3.05, 3.63) is 195 Å². The van der Waals surface area contributed by atoms with Crippen molar-refractivity contribution in [2.75, 3.05) is 4.90 Å². The lowest BCUT2D eigenvalue weighted by molar-refractivity contribution is 1.09. The summed E-state index contributed by atoms with van der Waals surface area (Å²) in [5.41, 5.74) is 16.9. The molecular formula is C49H57N. The Hall–Kier alpha value is -4.88. The number of hydrogen-bond donors (Lipinski definition) is 0. The molecule has 0 aliphatic heterocycles.